The first-order valence-electron chi connectivity index (χ1n) is 12.2. The molecule has 5 rings (SSSR count). The highest BCUT2D eigenvalue weighted by Gasteiger charge is 2.32. The Bertz CT molecular complexity index is 1200. The van der Waals surface area contributed by atoms with Crippen molar-refractivity contribution >= 4 is 50.0 Å². The van der Waals surface area contributed by atoms with Crippen LogP contribution in [0.25, 0.3) is 10.2 Å². The molecule has 200 valence electrons. The highest BCUT2D eigenvalue weighted by Crippen LogP contribution is 2.30. The largest absolute Gasteiger partial charge is 0.416 e. The molecule has 0 unspecified atom stereocenters. The molecule has 3 aromatic rings. The number of rotatable bonds is 4. The summed E-state index contributed by atoms with van der Waals surface area (Å²) in [6.45, 7) is 3.70. The number of hydrogen-bond acceptors (Lipinski definition) is 7. The Kier molecular flexibility index (Phi) is 9.22. The Morgan fingerprint density at radius 2 is 1.97 bits per heavy atom. The van der Waals surface area contributed by atoms with Crippen LogP contribution in [0.4, 0.5) is 24.1 Å². The van der Waals surface area contributed by atoms with Gasteiger partial charge in [-0.1, -0.05) is 29.4 Å². The van der Waals surface area contributed by atoms with Crippen LogP contribution in [0.3, 0.4) is 0 Å². The molecule has 12 heteroatoms. The van der Waals surface area contributed by atoms with Crippen LogP contribution >= 0.6 is 22.9 Å². The van der Waals surface area contributed by atoms with Crippen LogP contribution < -0.4 is 11.1 Å². The topological polar surface area (TPSA) is 93.4 Å². The van der Waals surface area contributed by atoms with E-state index in [1.54, 1.807) is 0 Å². The molecule has 0 aliphatic carbocycles. The lowest BCUT2D eigenvalue weighted by Crippen LogP contribution is -2.49. The van der Waals surface area contributed by atoms with Crippen molar-refractivity contribution in [2.24, 2.45) is 5.92 Å². The van der Waals surface area contributed by atoms with Crippen molar-refractivity contribution < 1.29 is 22.7 Å². The number of fused-ring (bicyclic) bond motifs is 1. The Morgan fingerprint density at radius 3 is 2.68 bits per heavy atom. The third-order valence-corrected chi connectivity index (χ3v) is 7.62. The highest BCUT2D eigenvalue weighted by atomic mass is 35.5. The predicted octanol–water partition coefficient (Wildman–Crippen LogP) is 5.85. The SMILES string of the molecule is Nc1cc(C(F)(F)F)ccn1.O=C(Nc1nc2cc(Cl)ccc2s1)[C@@H]1CCCCN1CC1CCOCC1. The van der Waals surface area contributed by atoms with Crippen LogP contribution in [0.5, 0.6) is 0 Å². The number of nitrogens with zero attached hydrogens (tertiary/aromatic N) is 3. The van der Waals surface area contributed by atoms with Crippen molar-refractivity contribution in [1.82, 2.24) is 14.9 Å². The first kappa shape index (κ1) is 27.6. The molecule has 2 aromatic heterocycles. The molecule has 2 aliphatic rings. The van der Waals surface area contributed by atoms with Crippen molar-refractivity contribution in [1.29, 1.82) is 0 Å². The van der Waals surface area contributed by atoms with Crippen molar-refractivity contribution in [2.45, 2.75) is 44.3 Å². The molecule has 7 nitrogen and oxygen atoms in total. The predicted molar refractivity (Wildman–Crippen MR) is 140 cm³/mol. The lowest BCUT2D eigenvalue weighted by atomic mass is 9.95. The summed E-state index contributed by atoms with van der Waals surface area (Å²) in [7, 11) is 0. The first-order chi connectivity index (χ1) is 17.7. The molecular weight excluding hydrogens is 527 g/mol. The number of thiazole rings is 1. The number of benzene rings is 1. The van der Waals surface area contributed by atoms with Crippen LogP contribution in [0.1, 0.15) is 37.7 Å². The summed E-state index contributed by atoms with van der Waals surface area (Å²) < 4.78 is 42.2. The lowest BCUT2D eigenvalue weighted by molar-refractivity contribution is -0.137. The molecule has 0 saturated carbocycles. The molecule has 1 amide bonds. The van der Waals surface area contributed by atoms with Gasteiger partial charge in [0.25, 0.3) is 0 Å². The second-order valence-corrected chi connectivity index (χ2v) is 10.6. The molecule has 4 heterocycles. The van der Waals surface area contributed by atoms with Gasteiger partial charge < -0.3 is 15.8 Å². The van der Waals surface area contributed by atoms with Gasteiger partial charge in [0, 0.05) is 31.0 Å². The maximum absolute atomic E-state index is 12.9. The number of hydrogen-bond donors (Lipinski definition) is 2. The van der Waals surface area contributed by atoms with E-state index in [9.17, 15) is 18.0 Å². The van der Waals surface area contributed by atoms with E-state index in [0.717, 1.165) is 80.5 Å². The van der Waals surface area contributed by atoms with Gasteiger partial charge in [0.15, 0.2) is 5.13 Å². The zero-order chi connectivity index (χ0) is 26.4. The molecule has 37 heavy (non-hydrogen) atoms. The summed E-state index contributed by atoms with van der Waals surface area (Å²) in [6, 6.07) is 7.24. The average molecular weight is 556 g/mol. The van der Waals surface area contributed by atoms with Gasteiger partial charge >= 0.3 is 6.18 Å². The lowest BCUT2D eigenvalue weighted by Gasteiger charge is -2.37. The van der Waals surface area contributed by atoms with Crippen LogP contribution in [0, 0.1) is 5.92 Å². The maximum Gasteiger partial charge on any atom is 0.416 e. The molecule has 0 bridgehead atoms. The number of carbonyl (C=O) groups excluding carboxylic acids is 1. The number of pyridine rings is 1. The summed E-state index contributed by atoms with van der Waals surface area (Å²) >= 11 is 7.53. The number of anilines is 2. The number of likely N-dealkylation sites (tertiary alicyclic amines) is 1. The summed E-state index contributed by atoms with van der Waals surface area (Å²) in [6.07, 6.45) is 2.10. The molecule has 2 saturated heterocycles. The van der Waals surface area contributed by atoms with Gasteiger partial charge in [0.1, 0.15) is 5.82 Å². The zero-order valence-electron chi connectivity index (χ0n) is 20.1. The van der Waals surface area contributed by atoms with Crippen LogP contribution in [-0.2, 0) is 15.7 Å². The molecule has 0 spiro atoms. The van der Waals surface area contributed by atoms with Crippen molar-refractivity contribution in [3.05, 3.63) is 47.1 Å². The molecule has 3 N–H and O–H groups in total. The fourth-order valence-corrected chi connectivity index (χ4v) is 5.55. The normalized spacial score (nSPS) is 19.3. The average Bonchev–Trinajstić information content (AvgIpc) is 3.26. The van der Waals surface area contributed by atoms with Gasteiger partial charge in [-0.15, -0.1) is 0 Å². The van der Waals surface area contributed by atoms with E-state index in [0.29, 0.717) is 16.1 Å². The number of nitrogens with two attached hydrogens (primary N) is 1. The van der Waals surface area contributed by atoms with Gasteiger partial charge in [0.2, 0.25) is 5.91 Å². The smallest absolute Gasteiger partial charge is 0.384 e. The van der Waals surface area contributed by atoms with Crippen LogP contribution in [-0.4, -0.2) is 53.1 Å². The molecule has 0 radical (unpaired) electrons. The first-order valence-corrected chi connectivity index (χ1v) is 13.4. The number of alkyl halides is 3. The van der Waals surface area contributed by atoms with Crippen molar-refractivity contribution in [3.63, 3.8) is 0 Å². The number of aromatic nitrogens is 2. The van der Waals surface area contributed by atoms with Crippen LogP contribution in [0.2, 0.25) is 5.02 Å². The Balaban J connectivity index is 0.000000245. The Morgan fingerprint density at radius 1 is 1.19 bits per heavy atom. The molecule has 1 atom stereocenters. The third-order valence-electron chi connectivity index (χ3n) is 6.44. The van der Waals surface area contributed by atoms with E-state index in [1.807, 2.05) is 18.2 Å². The minimum Gasteiger partial charge on any atom is -0.384 e. The fourth-order valence-electron chi connectivity index (χ4n) is 4.53. The fraction of sp³-hybridized carbons (Fsp3) is 0.480. The van der Waals surface area contributed by atoms with E-state index in [2.05, 4.69) is 20.2 Å². The zero-order valence-corrected chi connectivity index (χ0v) is 21.7. The van der Waals surface area contributed by atoms with Gasteiger partial charge in [-0.25, -0.2) is 9.97 Å². The minimum absolute atomic E-state index is 0.0535. The number of halogens is 4. The Labute approximate surface area is 222 Å². The minimum atomic E-state index is -4.34. The third kappa shape index (κ3) is 7.76. The number of nitrogen functional groups attached to an aromatic ring is 1. The van der Waals surface area contributed by atoms with E-state index in [1.165, 1.54) is 17.8 Å². The summed E-state index contributed by atoms with van der Waals surface area (Å²) in [5.41, 5.74) is 5.10. The van der Waals surface area contributed by atoms with Gasteiger partial charge in [-0.3, -0.25) is 9.69 Å². The quantitative estimate of drug-likeness (QED) is 0.419. The maximum atomic E-state index is 12.9. The van der Waals surface area contributed by atoms with Crippen molar-refractivity contribution in [3.8, 4) is 0 Å². The molecule has 1 aromatic carbocycles. The van der Waals surface area contributed by atoms with E-state index >= 15 is 0 Å². The number of nitrogens with one attached hydrogen (secondary N) is 1. The number of carbonyl (C=O) groups is 1. The standard InChI is InChI=1S/C19H24ClN3O2S.C6H5F3N2/c20-14-4-5-17-15(11-14)21-19(26-17)22-18(24)16-3-1-2-8-23(16)12-13-6-9-25-10-7-13;7-6(8,9)4-1-2-11-5(10)3-4/h4-5,11,13,16H,1-3,6-10,12H2,(H,21,22,24);1-3H,(H2,10,11)/t16-;/m0./s1. The molecular formula is C25H29ClF3N5O2S. The summed E-state index contributed by atoms with van der Waals surface area (Å²) in [4.78, 5) is 23.2. The Hall–Kier alpha value is -2.47. The monoisotopic (exact) mass is 555 g/mol. The second-order valence-electron chi connectivity index (χ2n) is 9.15. The van der Waals surface area contributed by atoms with Gasteiger partial charge in [0.05, 0.1) is 21.8 Å². The van der Waals surface area contributed by atoms with Crippen molar-refractivity contribution in [2.75, 3.05) is 37.4 Å². The molecule has 2 aliphatic heterocycles. The van der Waals surface area contributed by atoms with E-state index in [4.69, 9.17) is 22.1 Å². The van der Waals surface area contributed by atoms with E-state index < -0.39 is 11.7 Å². The number of amides is 1. The highest BCUT2D eigenvalue weighted by molar-refractivity contribution is 7.22. The van der Waals surface area contributed by atoms with E-state index in [-0.39, 0.29) is 17.8 Å². The summed E-state index contributed by atoms with van der Waals surface area (Å²) in [5, 5.41) is 4.37. The second kappa shape index (κ2) is 12.4. The molecule has 2 fully saturated rings. The van der Waals surface area contributed by atoms with Gasteiger partial charge in [-0.2, -0.15) is 13.2 Å². The van der Waals surface area contributed by atoms with Crippen LogP contribution in [0.15, 0.2) is 36.5 Å². The summed E-state index contributed by atoms with van der Waals surface area (Å²) in [5.74, 6) is 0.587. The number of piperidine rings is 1. The van der Waals surface area contributed by atoms with Gasteiger partial charge in [-0.05, 0) is 68.5 Å². The number of ether oxygens (including phenoxy) is 1.